The molecule has 0 spiro atoms. The normalized spacial score (nSPS) is 11.8. The van der Waals surface area contributed by atoms with Crippen molar-refractivity contribution in [3.8, 4) is 17.2 Å². The lowest BCUT2D eigenvalue weighted by Crippen LogP contribution is -2.21. The van der Waals surface area contributed by atoms with E-state index in [4.69, 9.17) is 0 Å². The monoisotopic (exact) mass is 413 g/mol. The number of hydrogen-bond donors (Lipinski definition) is 1. The number of aromatic nitrogens is 3. The van der Waals surface area contributed by atoms with Crippen LogP contribution in [0.1, 0.15) is 35.6 Å². The molecular weight excluding hydrogens is 393 g/mol. The zero-order valence-corrected chi connectivity index (χ0v) is 17.3. The maximum atomic E-state index is 13.8. The van der Waals surface area contributed by atoms with Gasteiger partial charge in [0, 0.05) is 11.7 Å². The number of benzene rings is 1. The van der Waals surface area contributed by atoms with E-state index >= 15 is 0 Å². The van der Waals surface area contributed by atoms with Crippen molar-refractivity contribution in [2.45, 2.75) is 26.8 Å². The van der Waals surface area contributed by atoms with Crippen molar-refractivity contribution < 1.29 is 4.39 Å². The van der Waals surface area contributed by atoms with Crippen molar-refractivity contribution in [1.82, 2.24) is 14.4 Å². The highest BCUT2D eigenvalue weighted by atomic mass is 19.1. The van der Waals surface area contributed by atoms with Gasteiger partial charge in [0.1, 0.15) is 29.1 Å². The van der Waals surface area contributed by atoms with Crippen LogP contribution in [0.4, 0.5) is 10.2 Å². The summed E-state index contributed by atoms with van der Waals surface area (Å²) in [4.78, 5) is 22.0. The molecule has 0 saturated carbocycles. The van der Waals surface area contributed by atoms with E-state index in [2.05, 4.69) is 21.4 Å². The number of fused-ring (bicyclic) bond motifs is 1. The van der Waals surface area contributed by atoms with Crippen LogP contribution in [0.2, 0.25) is 0 Å². The Kier molecular flexibility index (Phi) is 5.22. The molecule has 0 unspecified atom stereocenters. The Morgan fingerprint density at radius 1 is 1.13 bits per heavy atom. The molecule has 0 bridgehead atoms. The first kappa shape index (κ1) is 20.2. The summed E-state index contributed by atoms with van der Waals surface area (Å²) in [6.07, 6.45) is 1.19. The summed E-state index contributed by atoms with van der Waals surface area (Å²) in [5.41, 5.74) is 3.11. The highest BCUT2D eigenvalue weighted by Gasteiger charge is 2.20. The van der Waals surface area contributed by atoms with Gasteiger partial charge in [0.2, 0.25) is 0 Å². The summed E-state index contributed by atoms with van der Waals surface area (Å²) in [7, 11) is 0. The highest BCUT2D eigenvalue weighted by molar-refractivity contribution is 5.71. The van der Waals surface area contributed by atoms with Crippen LogP contribution < -0.4 is 10.9 Å². The lowest BCUT2D eigenvalue weighted by molar-refractivity contribution is 0.618. The number of hydrogen-bond acceptors (Lipinski definition) is 5. The lowest BCUT2D eigenvalue weighted by Gasteiger charge is -2.20. The predicted octanol–water partition coefficient (Wildman–Crippen LogP) is 4.56. The molecule has 0 saturated heterocycles. The first-order valence-electron chi connectivity index (χ1n) is 9.81. The Labute approximate surface area is 178 Å². The molecule has 0 aliphatic rings. The van der Waals surface area contributed by atoms with Crippen LogP contribution in [-0.4, -0.2) is 14.4 Å². The molecule has 7 heteroatoms. The van der Waals surface area contributed by atoms with Crippen LogP contribution in [0.5, 0.6) is 0 Å². The molecule has 3 aromatic heterocycles. The summed E-state index contributed by atoms with van der Waals surface area (Å²) in [5.74, 6) is 0.472. The molecule has 1 N–H and O–H groups in total. The zero-order valence-electron chi connectivity index (χ0n) is 17.3. The van der Waals surface area contributed by atoms with Crippen LogP contribution in [0.3, 0.4) is 0 Å². The third kappa shape index (κ3) is 3.76. The van der Waals surface area contributed by atoms with E-state index < -0.39 is 5.82 Å². The van der Waals surface area contributed by atoms with Gasteiger partial charge in [-0.15, -0.1) is 0 Å². The topological polar surface area (TPSA) is 83.1 Å². The third-order valence-electron chi connectivity index (χ3n) is 5.16. The van der Waals surface area contributed by atoms with Gasteiger partial charge in [0.25, 0.3) is 5.56 Å². The van der Waals surface area contributed by atoms with E-state index in [1.54, 1.807) is 19.9 Å². The van der Waals surface area contributed by atoms with E-state index in [9.17, 15) is 14.4 Å². The van der Waals surface area contributed by atoms with Gasteiger partial charge >= 0.3 is 0 Å². The van der Waals surface area contributed by atoms with Gasteiger partial charge in [-0.1, -0.05) is 30.3 Å². The molecular formula is C24H20FN5O. The Hall–Kier alpha value is -4.05. The summed E-state index contributed by atoms with van der Waals surface area (Å²) < 4.78 is 15.2. The van der Waals surface area contributed by atoms with E-state index in [0.717, 1.165) is 11.1 Å². The zero-order chi connectivity index (χ0) is 22.1. The number of nitrogens with one attached hydrogen (secondary N) is 1. The maximum absolute atomic E-state index is 13.8. The van der Waals surface area contributed by atoms with E-state index in [-0.39, 0.29) is 11.6 Å². The molecule has 6 nitrogen and oxygen atoms in total. The quantitative estimate of drug-likeness (QED) is 0.530. The standard InChI is InChI=1S/C24H20FN5O/c1-14(28-23-21(12-26)15(2)27-16(3)29-23)20-11-19-10-9-18(25)13-30(19)24(31)22(20)17-7-5-4-6-8-17/h4-11,13-14H,1-3H3,(H,27,28,29)/t14-/m0/s1. The average Bonchev–Trinajstić information content (AvgIpc) is 2.74. The highest BCUT2D eigenvalue weighted by Crippen LogP contribution is 2.29. The number of nitriles is 1. The number of aryl methyl sites for hydroxylation is 2. The molecule has 1 aromatic carbocycles. The largest absolute Gasteiger partial charge is 0.362 e. The molecule has 31 heavy (non-hydrogen) atoms. The molecule has 0 aliphatic carbocycles. The van der Waals surface area contributed by atoms with Gasteiger partial charge < -0.3 is 5.32 Å². The average molecular weight is 413 g/mol. The fourth-order valence-electron chi connectivity index (χ4n) is 3.73. The second-order valence-corrected chi connectivity index (χ2v) is 7.35. The number of halogens is 1. The van der Waals surface area contributed by atoms with Crippen molar-refractivity contribution in [1.29, 1.82) is 5.26 Å². The molecule has 0 radical (unpaired) electrons. The molecule has 4 rings (SSSR count). The van der Waals surface area contributed by atoms with Crippen LogP contribution in [0.15, 0.2) is 59.5 Å². The van der Waals surface area contributed by atoms with Crippen LogP contribution in [0, 0.1) is 31.0 Å². The smallest absolute Gasteiger partial charge is 0.263 e. The Balaban J connectivity index is 1.92. The summed E-state index contributed by atoms with van der Waals surface area (Å²) in [6, 6.07) is 15.8. The number of pyridine rings is 2. The SMILES string of the molecule is Cc1nc(C)c(C#N)c(N[C@@H](C)c2cc3ccc(F)cn3c(=O)c2-c2ccccc2)n1. The number of nitrogens with zero attached hydrogens (tertiary/aromatic N) is 4. The van der Waals surface area contributed by atoms with Gasteiger partial charge in [-0.25, -0.2) is 14.4 Å². The second kappa shape index (κ2) is 8.00. The van der Waals surface area contributed by atoms with E-state index in [1.807, 2.05) is 43.3 Å². The van der Waals surface area contributed by atoms with Crippen molar-refractivity contribution in [3.63, 3.8) is 0 Å². The summed E-state index contributed by atoms with van der Waals surface area (Å²) >= 11 is 0. The predicted molar refractivity (Wildman–Crippen MR) is 117 cm³/mol. The molecule has 4 aromatic rings. The van der Waals surface area contributed by atoms with Gasteiger partial charge in [0.05, 0.1) is 17.3 Å². The van der Waals surface area contributed by atoms with E-state index in [1.165, 1.54) is 16.7 Å². The van der Waals surface area contributed by atoms with Crippen LogP contribution in [0.25, 0.3) is 16.6 Å². The molecule has 154 valence electrons. The van der Waals surface area contributed by atoms with Gasteiger partial charge in [-0.2, -0.15) is 5.26 Å². The molecule has 0 fully saturated rings. The lowest BCUT2D eigenvalue weighted by atomic mass is 9.96. The van der Waals surface area contributed by atoms with Crippen molar-refractivity contribution in [2.24, 2.45) is 0 Å². The second-order valence-electron chi connectivity index (χ2n) is 7.35. The van der Waals surface area contributed by atoms with Crippen molar-refractivity contribution >= 4 is 11.3 Å². The number of anilines is 1. The molecule has 0 aliphatic heterocycles. The molecule has 1 atom stereocenters. The van der Waals surface area contributed by atoms with Gasteiger partial charge in [0.15, 0.2) is 0 Å². The van der Waals surface area contributed by atoms with Crippen LogP contribution in [-0.2, 0) is 0 Å². The minimum Gasteiger partial charge on any atom is -0.362 e. The first-order chi connectivity index (χ1) is 14.9. The fraction of sp³-hybridized carbons (Fsp3) is 0.167. The maximum Gasteiger partial charge on any atom is 0.263 e. The third-order valence-corrected chi connectivity index (χ3v) is 5.16. The molecule has 0 amide bonds. The minimum absolute atomic E-state index is 0.317. The van der Waals surface area contributed by atoms with Gasteiger partial charge in [-0.3, -0.25) is 9.20 Å². The number of rotatable bonds is 4. The first-order valence-corrected chi connectivity index (χ1v) is 9.81. The Bertz CT molecular complexity index is 1390. The van der Waals surface area contributed by atoms with Crippen molar-refractivity contribution in [2.75, 3.05) is 5.32 Å². The van der Waals surface area contributed by atoms with Gasteiger partial charge in [-0.05, 0) is 50.1 Å². The van der Waals surface area contributed by atoms with E-state index in [0.29, 0.717) is 34.0 Å². The molecule has 3 heterocycles. The fourth-order valence-corrected chi connectivity index (χ4v) is 3.73. The van der Waals surface area contributed by atoms with Crippen molar-refractivity contribution in [3.05, 3.63) is 93.5 Å². The Morgan fingerprint density at radius 3 is 2.58 bits per heavy atom. The Morgan fingerprint density at radius 2 is 1.87 bits per heavy atom. The van der Waals surface area contributed by atoms with Crippen LogP contribution >= 0.6 is 0 Å². The summed E-state index contributed by atoms with van der Waals surface area (Å²) in [5, 5.41) is 12.8. The summed E-state index contributed by atoms with van der Waals surface area (Å²) in [6.45, 7) is 5.42. The minimum atomic E-state index is -0.488.